The highest BCUT2D eigenvalue weighted by atomic mass is 35.5. The lowest BCUT2D eigenvalue weighted by molar-refractivity contribution is 0.0526. The van der Waals surface area contributed by atoms with Gasteiger partial charge in [-0.3, -0.25) is 4.98 Å². The van der Waals surface area contributed by atoms with Crippen molar-refractivity contribution in [3.8, 4) is 28.1 Å². The second kappa shape index (κ2) is 10.1. The highest BCUT2D eigenvalue weighted by Gasteiger charge is 2.16. The van der Waals surface area contributed by atoms with Crippen LogP contribution in [0.4, 0.5) is 0 Å². The van der Waals surface area contributed by atoms with Crippen molar-refractivity contribution in [2.24, 2.45) is 0 Å². The Labute approximate surface area is 192 Å². The molecular weight excluding hydrogens is 422 g/mol. The molecule has 4 rings (SSSR count). The monoisotopic (exact) mass is 443 g/mol. The third-order valence-electron chi connectivity index (χ3n) is 4.92. The number of hydrogen-bond donors (Lipinski definition) is 0. The molecule has 0 spiro atoms. The van der Waals surface area contributed by atoms with Crippen LogP contribution in [0.1, 0.15) is 22.8 Å². The predicted molar refractivity (Wildman–Crippen MR) is 127 cm³/mol. The molecule has 4 nitrogen and oxygen atoms in total. The summed E-state index contributed by atoms with van der Waals surface area (Å²) in [5.41, 5.74) is 4.78. The molecule has 4 aromatic rings. The van der Waals surface area contributed by atoms with Gasteiger partial charge in [-0.15, -0.1) is 0 Å². The van der Waals surface area contributed by atoms with E-state index < -0.39 is 0 Å². The van der Waals surface area contributed by atoms with Crippen LogP contribution in [0.3, 0.4) is 0 Å². The lowest BCUT2D eigenvalue weighted by Crippen LogP contribution is -2.04. The SMILES string of the molecule is CCOC(=O)c1cccc(-c2ncccc2-c2cc(Cl)ccc2OCc2ccccc2)c1. The molecule has 3 aromatic carbocycles. The molecule has 5 heteroatoms. The van der Waals surface area contributed by atoms with E-state index in [-0.39, 0.29) is 5.97 Å². The van der Waals surface area contributed by atoms with Crippen LogP contribution in [0.15, 0.2) is 91.1 Å². The van der Waals surface area contributed by atoms with Gasteiger partial charge in [0, 0.05) is 27.9 Å². The van der Waals surface area contributed by atoms with E-state index in [0.717, 1.165) is 27.9 Å². The first kappa shape index (κ1) is 21.6. The number of pyridine rings is 1. The Kier molecular flexibility index (Phi) is 6.83. The lowest BCUT2D eigenvalue weighted by atomic mass is 9.97. The molecule has 160 valence electrons. The Balaban J connectivity index is 1.74. The molecular formula is C27H22ClNO3. The topological polar surface area (TPSA) is 48.4 Å². The summed E-state index contributed by atoms with van der Waals surface area (Å²) in [4.78, 5) is 16.8. The quantitative estimate of drug-likeness (QED) is 0.294. The molecule has 1 heterocycles. The number of carbonyl (C=O) groups excluding carboxylic acids is 1. The van der Waals surface area contributed by atoms with Crippen molar-refractivity contribution in [3.63, 3.8) is 0 Å². The zero-order valence-electron chi connectivity index (χ0n) is 17.6. The minimum absolute atomic E-state index is 0.322. The van der Waals surface area contributed by atoms with E-state index in [1.165, 1.54) is 0 Å². The third-order valence-corrected chi connectivity index (χ3v) is 5.16. The van der Waals surface area contributed by atoms with Gasteiger partial charge in [-0.25, -0.2) is 4.79 Å². The van der Waals surface area contributed by atoms with Crippen molar-refractivity contribution in [3.05, 3.63) is 107 Å². The van der Waals surface area contributed by atoms with E-state index >= 15 is 0 Å². The average molecular weight is 444 g/mol. The first-order valence-electron chi connectivity index (χ1n) is 10.3. The van der Waals surface area contributed by atoms with Crippen molar-refractivity contribution in [1.82, 2.24) is 4.98 Å². The standard InChI is InChI=1S/C27H22ClNO3/c1-2-31-27(30)21-11-6-10-20(16-21)26-23(12-7-15-29-26)24-17-22(28)13-14-25(24)32-18-19-8-4-3-5-9-19/h3-17H,2,18H2,1H3. The fourth-order valence-corrected chi connectivity index (χ4v) is 3.61. The van der Waals surface area contributed by atoms with Crippen molar-refractivity contribution >= 4 is 17.6 Å². The summed E-state index contributed by atoms with van der Waals surface area (Å²) in [6.07, 6.45) is 1.73. The van der Waals surface area contributed by atoms with Crippen molar-refractivity contribution < 1.29 is 14.3 Å². The molecule has 0 N–H and O–H groups in total. The van der Waals surface area contributed by atoms with E-state index in [1.54, 1.807) is 25.3 Å². The zero-order chi connectivity index (χ0) is 22.3. The van der Waals surface area contributed by atoms with Crippen molar-refractivity contribution in [1.29, 1.82) is 0 Å². The van der Waals surface area contributed by atoms with Gasteiger partial charge in [0.15, 0.2) is 0 Å². The van der Waals surface area contributed by atoms with Crippen molar-refractivity contribution in [2.75, 3.05) is 6.61 Å². The maximum absolute atomic E-state index is 12.2. The van der Waals surface area contributed by atoms with E-state index in [2.05, 4.69) is 4.98 Å². The normalized spacial score (nSPS) is 10.6. The van der Waals surface area contributed by atoms with Crippen LogP contribution < -0.4 is 4.74 Å². The molecule has 0 amide bonds. The third kappa shape index (κ3) is 4.98. The Hall–Kier alpha value is -3.63. The maximum Gasteiger partial charge on any atom is 0.338 e. The lowest BCUT2D eigenvalue weighted by Gasteiger charge is -2.15. The Morgan fingerprint density at radius 1 is 0.906 bits per heavy atom. The number of carbonyl (C=O) groups is 1. The molecule has 1 aromatic heterocycles. The number of aromatic nitrogens is 1. The first-order valence-corrected chi connectivity index (χ1v) is 10.7. The smallest absolute Gasteiger partial charge is 0.338 e. The summed E-state index contributed by atoms with van der Waals surface area (Å²) in [5, 5.41) is 0.599. The van der Waals surface area contributed by atoms with Gasteiger partial charge in [0.05, 0.1) is 17.9 Å². The summed E-state index contributed by atoms with van der Waals surface area (Å²) < 4.78 is 11.3. The predicted octanol–water partition coefficient (Wildman–Crippen LogP) is 6.82. The van der Waals surface area contributed by atoms with Crippen LogP contribution in [0, 0.1) is 0 Å². The van der Waals surface area contributed by atoms with Crippen LogP contribution in [0.5, 0.6) is 5.75 Å². The Bertz CT molecular complexity index is 1220. The van der Waals surface area contributed by atoms with Crippen LogP contribution in [-0.2, 0) is 11.3 Å². The van der Waals surface area contributed by atoms with Gasteiger partial charge in [0.2, 0.25) is 0 Å². The van der Waals surface area contributed by atoms with Crippen molar-refractivity contribution in [2.45, 2.75) is 13.5 Å². The summed E-state index contributed by atoms with van der Waals surface area (Å²) in [6, 6.07) is 26.6. The van der Waals surface area contributed by atoms with Gasteiger partial charge >= 0.3 is 5.97 Å². The molecule has 0 radical (unpaired) electrons. The van der Waals surface area contributed by atoms with Crippen LogP contribution in [-0.4, -0.2) is 17.6 Å². The summed E-state index contributed by atoms with van der Waals surface area (Å²) >= 11 is 6.35. The summed E-state index contributed by atoms with van der Waals surface area (Å²) in [7, 11) is 0. The van der Waals surface area contributed by atoms with Gasteiger partial charge in [-0.05, 0) is 48.9 Å². The molecule has 32 heavy (non-hydrogen) atoms. The molecule has 0 atom stereocenters. The minimum atomic E-state index is -0.360. The fourth-order valence-electron chi connectivity index (χ4n) is 3.43. The molecule has 0 bridgehead atoms. The molecule has 0 saturated carbocycles. The number of hydrogen-bond acceptors (Lipinski definition) is 4. The molecule has 0 aliphatic carbocycles. The largest absolute Gasteiger partial charge is 0.488 e. The maximum atomic E-state index is 12.2. The highest BCUT2D eigenvalue weighted by molar-refractivity contribution is 6.31. The van der Waals surface area contributed by atoms with Gasteiger partial charge in [-0.1, -0.05) is 60.1 Å². The molecule has 0 saturated heterocycles. The molecule has 0 aliphatic rings. The van der Waals surface area contributed by atoms with E-state index in [1.807, 2.05) is 72.8 Å². The fraction of sp³-hybridized carbons (Fsp3) is 0.111. The first-order chi connectivity index (χ1) is 15.7. The molecule has 0 unspecified atom stereocenters. The summed E-state index contributed by atoms with van der Waals surface area (Å²) in [5.74, 6) is 0.343. The second-order valence-corrected chi connectivity index (χ2v) is 7.55. The number of rotatable bonds is 7. The van der Waals surface area contributed by atoms with Crippen LogP contribution >= 0.6 is 11.6 Å². The average Bonchev–Trinajstić information content (AvgIpc) is 2.84. The second-order valence-electron chi connectivity index (χ2n) is 7.12. The van der Waals surface area contributed by atoms with E-state index in [0.29, 0.717) is 29.5 Å². The number of halogens is 1. The zero-order valence-corrected chi connectivity index (χ0v) is 18.4. The van der Waals surface area contributed by atoms with Crippen LogP contribution in [0.2, 0.25) is 5.02 Å². The van der Waals surface area contributed by atoms with E-state index in [4.69, 9.17) is 21.1 Å². The Morgan fingerprint density at radius 2 is 1.75 bits per heavy atom. The molecule has 0 fully saturated rings. The molecule has 0 aliphatic heterocycles. The number of ether oxygens (including phenoxy) is 2. The minimum Gasteiger partial charge on any atom is -0.488 e. The van der Waals surface area contributed by atoms with E-state index in [9.17, 15) is 4.79 Å². The van der Waals surface area contributed by atoms with Gasteiger partial charge in [0.25, 0.3) is 0 Å². The van der Waals surface area contributed by atoms with Gasteiger partial charge < -0.3 is 9.47 Å². The number of benzene rings is 3. The van der Waals surface area contributed by atoms with Gasteiger partial charge in [0.1, 0.15) is 12.4 Å². The number of esters is 1. The number of nitrogens with zero attached hydrogens (tertiary/aromatic N) is 1. The Morgan fingerprint density at radius 3 is 2.56 bits per heavy atom. The van der Waals surface area contributed by atoms with Crippen LogP contribution in [0.25, 0.3) is 22.4 Å². The highest BCUT2D eigenvalue weighted by Crippen LogP contribution is 2.38. The summed E-state index contributed by atoms with van der Waals surface area (Å²) in [6.45, 7) is 2.54. The van der Waals surface area contributed by atoms with Gasteiger partial charge in [-0.2, -0.15) is 0 Å².